The van der Waals surface area contributed by atoms with Gasteiger partial charge < -0.3 is 20.9 Å². The van der Waals surface area contributed by atoms with Gasteiger partial charge in [-0.2, -0.15) is 0 Å². The molecule has 0 aliphatic rings. The predicted molar refractivity (Wildman–Crippen MR) is 70.7 cm³/mol. The van der Waals surface area contributed by atoms with E-state index in [1.54, 1.807) is 19.2 Å². The lowest BCUT2D eigenvalue weighted by atomic mass is 10.1. The maximum atomic E-state index is 11.9. The topological polar surface area (TPSA) is 84.6 Å². The number of hydrogen-bond donors (Lipinski definition) is 3. The van der Waals surface area contributed by atoms with Crippen LogP contribution < -0.4 is 11.1 Å². The van der Waals surface area contributed by atoms with Crippen LogP contribution in [0.25, 0.3) is 0 Å². The molecule has 1 amide bonds. The number of rotatable bonds is 6. The van der Waals surface area contributed by atoms with Crippen molar-refractivity contribution < 1.29 is 14.6 Å². The molecule has 100 valence electrons. The first-order valence-corrected chi connectivity index (χ1v) is 5.92. The molecule has 0 heterocycles. The molecule has 1 rings (SSSR count). The third-order valence-corrected chi connectivity index (χ3v) is 2.72. The summed E-state index contributed by atoms with van der Waals surface area (Å²) < 4.78 is 4.90. The van der Waals surface area contributed by atoms with Crippen LogP contribution in [0, 0.1) is 0 Å². The summed E-state index contributed by atoms with van der Waals surface area (Å²) >= 11 is 5.81. The van der Waals surface area contributed by atoms with Crippen molar-refractivity contribution in [3.63, 3.8) is 0 Å². The summed E-state index contributed by atoms with van der Waals surface area (Å²) in [6, 6.07) is 4.32. The zero-order valence-corrected chi connectivity index (χ0v) is 10.9. The largest absolute Gasteiger partial charge is 0.398 e. The number of carbonyl (C=O) groups is 1. The molecule has 5 nitrogen and oxygen atoms in total. The first-order valence-electron chi connectivity index (χ1n) is 5.54. The first kappa shape index (κ1) is 14.8. The van der Waals surface area contributed by atoms with Gasteiger partial charge in [0.25, 0.3) is 5.91 Å². The zero-order valence-electron chi connectivity index (χ0n) is 10.1. The highest BCUT2D eigenvalue weighted by atomic mass is 35.5. The van der Waals surface area contributed by atoms with E-state index in [0.29, 0.717) is 29.3 Å². The lowest BCUT2D eigenvalue weighted by Gasteiger charge is -2.16. The third kappa shape index (κ3) is 4.18. The number of benzene rings is 1. The summed E-state index contributed by atoms with van der Waals surface area (Å²) in [5.41, 5.74) is 6.35. The molecular formula is C12H17ClN2O3. The molecule has 0 saturated heterocycles. The molecule has 0 saturated carbocycles. The molecule has 1 unspecified atom stereocenters. The maximum Gasteiger partial charge on any atom is 0.253 e. The van der Waals surface area contributed by atoms with Crippen LogP contribution in [-0.2, 0) is 4.74 Å². The van der Waals surface area contributed by atoms with Gasteiger partial charge in [0.05, 0.1) is 18.2 Å². The van der Waals surface area contributed by atoms with Crippen LogP contribution in [0.3, 0.4) is 0 Å². The minimum atomic E-state index is -0.365. The highest BCUT2D eigenvalue weighted by Gasteiger charge is 2.15. The predicted octanol–water partition coefficient (Wildman–Crippen LogP) is 1.05. The second kappa shape index (κ2) is 7.20. The van der Waals surface area contributed by atoms with Gasteiger partial charge in [0.1, 0.15) is 0 Å². The monoisotopic (exact) mass is 272 g/mol. The summed E-state index contributed by atoms with van der Waals surface area (Å²) in [5, 5.41) is 12.3. The van der Waals surface area contributed by atoms with Gasteiger partial charge in [0, 0.05) is 24.4 Å². The second-order valence-corrected chi connectivity index (χ2v) is 4.30. The Labute approximate surface area is 111 Å². The minimum absolute atomic E-state index is 0.157. The number of nitrogen functional groups attached to an aromatic ring is 1. The molecule has 0 spiro atoms. The van der Waals surface area contributed by atoms with Gasteiger partial charge in [-0.05, 0) is 24.6 Å². The Morgan fingerprint density at radius 2 is 2.33 bits per heavy atom. The summed E-state index contributed by atoms with van der Waals surface area (Å²) in [5.74, 6) is -0.356. The zero-order chi connectivity index (χ0) is 13.5. The molecule has 0 fully saturated rings. The lowest BCUT2D eigenvalue weighted by molar-refractivity contribution is 0.0895. The Kier molecular flexibility index (Phi) is 5.91. The van der Waals surface area contributed by atoms with E-state index < -0.39 is 0 Å². The fourth-order valence-electron chi connectivity index (χ4n) is 1.46. The second-order valence-electron chi connectivity index (χ2n) is 3.87. The van der Waals surface area contributed by atoms with Crippen LogP contribution in [0.2, 0.25) is 5.02 Å². The number of nitrogens with two attached hydrogens (primary N) is 1. The van der Waals surface area contributed by atoms with E-state index >= 15 is 0 Å². The number of carbonyl (C=O) groups excluding carboxylic acids is 1. The summed E-state index contributed by atoms with van der Waals surface area (Å²) in [6.07, 6.45) is 0.527. The van der Waals surface area contributed by atoms with E-state index in [0.717, 1.165) is 0 Å². The average Bonchev–Trinajstić information content (AvgIpc) is 2.37. The van der Waals surface area contributed by atoms with Gasteiger partial charge >= 0.3 is 0 Å². The summed E-state index contributed by atoms with van der Waals surface area (Å²) in [6.45, 7) is 0.298. The Morgan fingerprint density at radius 3 is 2.94 bits per heavy atom. The van der Waals surface area contributed by atoms with Crippen molar-refractivity contribution in [2.24, 2.45) is 0 Å². The SMILES string of the molecule is COCCC(CO)NC(=O)c1cc(Cl)ccc1N. The number of ether oxygens (including phenoxy) is 1. The van der Waals surface area contributed by atoms with Crippen molar-refractivity contribution >= 4 is 23.2 Å². The highest BCUT2D eigenvalue weighted by Crippen LogP contribution is 2.17. The molecule has 0 aliphatic carbocycles. The average molecular weight is 273 g/mol. The molecule has 6 heteroatoms. The van der Waals surface area contributed by atoms with E-state index in [9.17, 15) is 4.79 Å². The number of nitrogens with one attached hydrogen (secondary N) is 1. The van der Waals surface area contributed by atoms with Crippen molar-refractivity contribution in [1.29, 1.82) is 0 Å². The van der Waals surface area contributed by atoms with Gasteiger partial charge in [-0.1, -0.05) is 11.6 Å². The van der Waals surface area contributed by atoms with Crippen LogP contribution in [0.5, 0.6) is 0 Å². The number of amides is 1. The molecule has 1 aromatic rings. The van der Waals surface area contributed by atoms with Crippen LogP contribution in [-0.4, -0.2) is 37.4 Å². The van der Waals surface area contributed by atoms with Crippen LogP contribution in [0.4, 0.5) is 5.69 Å². The summed E-state index contributed by atoms with van der Waals surface area (Å²) in [7, 11) is 1.56. The molecule has 1 aromatic carbocycles. The van der Waals surface area contributed by atoms with Crippen LogP contribution in [0.1, 0.15) is 16.8 Å². The van der Waals surface area contributed by atoms with Crippen molar-refractivity contribution in [1.82, 2.24) is 5.32 Å². The first-order chi connectivity index (χ1) is 8.58. The van der Waals surface area contributed by atoms with Crippen molar-refractivity contribution in [2.45, 2.75) is 12.5 Å². The van der Waals surface area contributed by atoms with Gasteiger partial charge in [0.15, 0.2) is 0 Å². The van der Waals surface area contributed by atoms with Gasteiger partial charge in [-0.15, -0.1) is 0 Å². The molecule has 1 atom stereocenters. The van der Waals surface area contributed by atoms with Crippen LogP contribution in [0.15, 0.2) is 18.2 Å². The number of anilines is 1. The normalized spacial score (nSPS) is 12.2. The van der Waals surface area contributed by atoms with Crippen molar-refractivity contribution in [3.8, 4) is 0 Å². The minimum Gasteiger partial charge on any atom is -0.398 e. The molecule has 0 aromatic heterocycles. The molecule has 18 heavy (non-hydrogen) atoms. The number of methoxy groups -OCH3 is 1. The van der Waals surface area contributed by atoms with Gasteiger partial charge in [-0.25, -0.2) is 0 Å². The van der Waals surface area contributed by atoms with Gasteiger partial charge in [-0.3, -0.25) is 4.79 Å². The quantitative estimate of drug-likeness (QED) is 0.676. The molecule has 4 N–H and O–H groups in total. The van der Waals surface area contributed by atoms with Crippen molar-refractivity contribution in [2.75, 3.05) is 26.1 Å². The fourth-order valence-corrected chi connectivity index (χ4v) is 1.63. The molecule has 0 aliphatic heterocycles. The fraction of sp³-hybridized carbons (Fsp3) is 0.417. The van der Waals surface area contributed by atoms with Gasteiger partial charge in [0.2, 0.25) is 0 Å². The number of halogens is 1. The summed E-state index contributed by atoms with van der Waals surface area (Å²) in [4.78, 5) is 11.9. The number of aliphatic hydroxyl groups is 1. The Balaban J connectivity index is 2.71. The number of hydrogen-bond acceptors (Lipinski definition) is 4. The standard InChI is InChI=1S/C12H17ClN2O3/c1-18-5-4-9(7-16)15-12(17)10-6-8(13)2-3-11(10)14/h2-3,6,9,16H,4-5,7,14H2,1H3,(H,15,17). The molecule has 0 radical (unpaired) electrons. The van der Waals surface area contributed by atoms with Crippen LogP contribution >= 0.6 is 11.6 Å². The third-order valence-electron chi connectivity index (χ3n) is 2.49. The Morgan fingerprint density at radius 1 is 1.61 bits per heavy atom. The van der Waals surface area contributed by atoms with E-state index in [-0.39, 0.29) is 18.6 Å². The van der Waals surface area contributed by atoms with Crippen molar-refractivity contribution in [3.05, 3.63) is 28.8 Å². The molecule has 0 bridgehead atoms. The smallest absolute Gasteiger partial charge is 0.253 e. The Hall–Kier alpha value is -1.30. The lowest BCUT2D eigenvalue weighted by Crippen LogP contribution is -2.38. The maximum absolute atomic E-state index is 11.9. The van der Waals surface area contributed by atoms with E-state index in [4.69, 9.17) is 27.2 Å². The molecular weight excluding hydrogens is 256 g/mol. The van der Waals surface area contributed by atoms with E-state index in [1.807, 2.05) is 0 Å². The van der Waals surface area contributed by atoms with E-state index in [2.05, 4.69) is 5.32 Å². The number of aliphatic hydroxyl groups excluding tert-OH is 1. The highest BCUT2D eigenvalue weighted by molar-refractivity contribution is 6.31. The van der Waals surface area contributed by atoms with E-state index in [1.165, 1.54) is 6.07 Å². The Bertz CT molecular complexity index is 412.